The molecule has 0 aromatic heterocycles. The number of hydrogen-bond acceptors (Lipinski definition) is 3. The molecule has 19 heavy (non-hydrogen) atoms. The summed E-state index contributed by atoms with van der Waals surface area (Å²) < 4.78 is 0. The van der Waals surface area contributed by atoms with Crippen molar-refractivity contribution in [2.45, 2.75) is 26.0 Å². The van der Waals surface area contributed by atoms with E-state index in [0.717, 1.165) is 11.1 Å². The quantitative estimate of drug-likeness (QED) is 0.796. The molecule has 4 heteroatoms. The summed E-state index contributed by atoms with van der Waals surface area (Å²) in [6, 6.07) is 7.71. The first-order valence-electron chi connectivity index (χ1n) is 6.22. The average molecular weight is 275 g/mol. The van der Waals surface area contributed by atoms with E-state index in [9.17, 15) is 9.59 Å². The summed E-state index contributed by atoms with van der Waals surface area (Å²) in [4.78, 5) is 26.1. The van der Waals surface area contributed by atoms with Crippen LogP contribution >= 0.6 is 11.8 Å². The van der Waals surface area contributed by atoms with Gasteiger partial charge in [-0.15, -0.1) is 11.8 Å². The van der Waals surface area contributed by atoms with E-state index < -0.39 is 0 Å². The fraction of sp³-hybridized carbons (Fsp3) is 0.333. The minimum Gasteiger partial charge on any atom is -0.277 e. The zero-order valence-electron chi connectivity index (χ0n) is 11.6. The Labute approximate surface area is 117 Å². The molecule has 1 heterocycles. The van der Waals surface area contributed by atoms with Crippen LogP contribution in [0.25, 0.3) is 5.57 Å². The van der Waals surface area contributed by atoms with Gasteiger partial charge in [0.05, 0.1) is 10.5 Å². The molecule has 0 spiro atoms. The predicted octanol–water partition coefficient (Wildman–Crippen LogP) is 2.85. The van der Waals surface area contributed by atoms with Gasteiger partial charge in [0.25, 0.3) is 11.8 Å². The number of nitrogens with zero attached hydrogens (tertiary/aromatic N) is 1. The van der Waals surface area contributed by atoms with E-state index in [1.165, 1.54) is 23.7 Å². The molecule has 1 aliphatic heterocycles. The van der Waals surface area contributed by atoms with E-state index in [0.29, 0.717) is 10.5 Å². The molecule has 1 aromatic rings. The number of carbonyl (C=O) groups is 2. The van der Waals surface area contributed by atoms with Crippen molar-refractivity contribution in [2.75, 3.05) is 7.05 Å². The molecule has 0 bridgehead atoms. The molecule has 0 saturated heterocycles. The van der Waals surface area contributed by atoms with Crippen molar-refractivity contribution in [3.63, 3.8) is 0 Å². The number of imide groups is 1. The number of amides is 2. The molecule has 0 atom stereocenters. The lowest BCUT2D eigenvalue weighted by atomic mass is 10.0. The minimum absolute atomic E-state index is 0.195. The maximum atomic E-state index is 12.2. The van der Waals surface area contributed by atoms with Crippen LogP contribution < -0.4 is 0 Å². The third-order valence-electron chi connectivity index (χ3n) is 2.94. The van der Waals surface area contributed by atoms with Crippen molar-refractivity contribution in [1.82, 2.24) is 4.90 Å². The fourth-order valence-electron chi connectivity index (χ4n) is 1.94. The molecule has 0 unspecified atom stereocenters. The molecule has 1 aromatic carbocycles. The molecule has 2 amide bonds. The van der Waals surface area contributed by atoms with Crippen molar-refractivity contribution in [1.29, 1.82) is 0 Å². The van der Waals surface area contributed by atoms with Crippen molar-refractivity contribution < 1.29 is 9.59 Å². The van der Waals surface area contributed by atoms with Crippen molar-refractivity contribution in [3.8, 4) is 0 Å². The average Bonchev–Trinajstić information content (AvgIpc) is 2.55. The van der Waals surface area contributed by atoms with Crippen LogP contribution in [0.3, 0.4) is 0 Å². The Balaban J connectivity index is 2.53. The molecular weight excluding hydrogens is 258 g/mol. The first-order valence-corrected chi connectivity index (χ1v) is 7.10. The topological polar surface area (TPSA) is 37.4 Å². The van der Waals surface area contributed by atoms with Gasteiger partial charge in [-0.3, -0.25) is 14.5 Å². The summed E-state index contributed by atoms with van der Waals surface area (Å²) in [5.74, 6) is -0.406. The number of benzene rings is 1. The zero-order valence-corrected chi connectivity index (χ0v) is 12.4. The summed E-state index contributed by atoms with van der Waals surface area (Å²) in [7, 11) is 1.53. The lowest BCUT2D eigenvalue weighted by molar-refractivity contribution is -0.134. The Kier molecular flexibility index (Phi) is 3.80. The van der Waals surface area contributed by atoms with Gasteiger partial charge in [0.15, 0.2) is 0 Å². The largest absolute Gasteiger partial charge is 0.277 e. The Morgan fingerprint density at radius 3 is 2.16 bits per heavy atom. The van der Waals surface area contributed by atoms with Gasteiger partial charge < -0.3 is 0 Å². The van der Waals surface area contributed by atoms with E-state index in [1.54, 1.807) is 0 Å². The van der Waals surface area contributed by atoms with Crippen LogP contribution in [0, 0.1) is 6.92 Å². The van der Waals surface area contributed by atoms with Gasteiger partial charge in [0.1, 0.15) is 0 Å². The molecule has 0 aliphatic carbocycles. The Morgan fingerprint density at radius 2 is 1.63 bits per heavy atom. The van der Waals surface area contributed by atoms with Gasteiger partial charge in [-0.1, -0.05) is 43.7 Å². The van der Waals surface area contributed by atoms with Crippen molar-refractivity contribution in [3.05, 3.63) is 40.3 Å². The Hall–Kier alpha value is -1.55. The number of aryl methyl sites for hydroxylation is 1. The number of rotatable bonds is 3. The highest BCUT2D eigenvalue weighted by atomic mass is 32.2. The van der Waals surface area contributed by atoms with E-state index in [-0.39, 0.29) is 17.1 Å². The number of thioether (sulfide) groups is 1. The van der Waals surface area contributed by atoms with E-state index >= 15 is 0 Å². The van der Waals surface area contributed by atoms with Crippen LogP contribution in [0.5, 0.6) is 0 Å². The second-order valence-corrected chi connectivity index (χ2v) is 6.49. The van der Waals surface area contributed by atoms with E-state index in [2.05, 4.69) is 0 Å². The van der Waals surface area contributed by atoms with Gasteiger partial charge in [-0.05, 0) is 12.5 Å². The molecule has 0 saturated carbocycles. The molecular formula is C15H17NO2S. The van der Waals surface area contributed by atoms with Crippen LogP contribution in [0.4, 0.5) is 0 Å². The lowest BCUT2D eigenvalue weighted by Crippen LogP contribution is -2.26. The third-order valence-corrected chi connectivity index (χ3v) is 4.02. The first-order chi connectivity index (χ1) is 8.91. The molecule has 0 N–H and O–H groups in total. The van der Waals surface area contributed by atoms with Gasteiger partial charge >= 0.3 is 0 Å². The van der Waals surface area contributed by atoms with Crippen LogP contribution in [-0.2, 0) is 9.59 Å². The molecule has 3 nitrogen and oxygen atoms in total. The second-order valence-electron chi connectivity index (χ2n) is 4.91. The fourth-order valence-corrected chi connectivity index (χ4v) is 2.97. The summed E-state index contributed by atoms with van der Waals surface area (Å²) in [6.45, 7) is 6.02. The maximum Gasteiger partial charge on any atom is 0.267 e. The lowest BCUT2D eigenvalue weighted by Gasteiger charge is -2.07. The highest BCUT2D eigenvalue weighted by Gasteiger charge is 2.36. The smallest absolute Gasteiger partial charge is 0.267 e. The van der Waals surface area contributed by atoms with Crippen LogP contribution in [-0.4, -0.2) is 29.0 Å². The molecule has 1 aliphatic rings. The number of carbonyl (C=O) groups excluding carboxylic acids is 2. The summed E-state index contributed by atoms with van der Waals surface area (Å²) in [5, 5.41) is 0.263. The van der Waals surface area contributed by atoms with Gasteiger partial charge in [-0.25, -0.2) is 0 Å². The highest BCUT2D eigenvalue weighted by Crippen LogP contribution is 2.37. The SMILES string of the molecule is Cc1ccc(C2=C(SC(C)C)C(=O)N(C)C2=O)cc1. The molecule has 100 valence electrons. The van der Waals surface area contributed by atoms with Crippen molar-refractivity contribution >= 4 is 29.1 Å². The number of likely N-dealkylation sites (N-methyl/N-ethyl adjacent to an activating group) is 1. The Bertz CT molecular complexity index is 558. The zero-order chi connectivity index (χ0) is 14.2. The minimum atomic E-state index is -0.211. The normalized spacial score (nSPS) is 15.9. The summed E-state index contributed by atoms with van der Waals surface area (Å²) in [5.41, 5.74) is 2.48. The van der Waals surface area contributed by atoms with E-state index in [4.69, 9.17) is 0 Å². The Morgan fingerprint density at radius 1 is 1.05 bits per heavy atom. The van der Waals surface area contributed by atoms with Crippen LogP contribution in [0.2, 0.25) is 0 Å². The highest BCUT2D eigenvalue weighted by molar-refractivity contribution is 8.04. The monoisotopic (exact) mass is 275 g/mol. The summed E-state index contributed by atoms with van der Waals surface area (Å²) >= 11 is 1.45. The predicted molar refractivity (Wildman–Crippen MR) is 78.6 cm³/mol. The van der Waals surface area contributed by atoms with Gasteiger partial charge in [-0.2, -0.15) is 0 Å². The maximum absolute atomic E-state index is 12.2. The van der Waals surface area contributed by atoms with Crippen molar-refractivity contribution in [2.24, 2.45) is 0 Å². The van der Waals surface area contributed by atoms with E-state index in [1.807, 2.05) is 45.0 Å². The molecule has 0 radical (unpaired) electrons. The summed E-state index contributed by atoms with van der Waals surface area (Å²) in [6.07, 6.45) is 0. The molecule has 0 fully saturated rings. The third kappa shape index (κ3) is 2.59. The standard InChI is InChI=1S/C15H17NO2S/c1-9(2)19-13-12(14(17)16(4)15(13)18)11-7-5-10(3)6-8-11/h5-9H,1-4H3. The van der Waals surface area contributed by atoms with Crippen LogP contribution in [0.15, 0.2) is 29.2 Å². The second kappa shape index (κ2) is 5.21. The van der Waals surface area contributed by atoms with Crippen LogP contribution in [0.1, 0.15) is 25.0 Å². The van der Waals surface area contributed by atoms with Gasteiger partial charge in [0.2, 0.25) is 0 Å². The van der Waals surface area contributed by atoms with Gasteiger partial charge in [0, 0.05) is 12.3 Å². The first kappa shape index (κ1) is 13.9. The number of hydrogen-bond donors (Lipinski definition) is 0. The molecule has 2 rings (SSSR count).